The molecular weight excluding hydrogens is 180 g/mol. The quantitative estimate of drug-likeness (QED) is 0.675. The molecule has 0 aliphatic heterocycles. The Bertz CT molecular complexity index is 189. The number of allylic oxidation sites excluding steroid dienone is 1. The molecular formula is C11H20O3. The van der Waals surface area contributed by atoms with Crippen LogP contribution in [-0.4, -0.2) is 29.5 Å². The zero-order chi connectivity index (χ0) is 10.4. The van der Waals surface area contributed by atoms with Gasteiger partial charge in [-0.15, -0.1) is 0 Å². The second-order valence-electron chi connectivity index (χ2n) is 3.72. The minimum absolute atomic E-state index is 0.0279. The lowest BCUT2D eigenvalue weighted by molar-refractivity contribution is 0.0397. The van der Waals surface area contributed by atoms with Crippen molar-refractivity contribution in [1.29, 1.82) is 0 Å². The predicted molar refractivity (Wildman–Crippen MR) is 54.8 cm³/mol. The summed E-state index contributed by atoms with van der Waals surface area (Å²) in [5, 5.41) is 18.4. The highest BCUT2D eigenvalue weighted by Crippen LogP contribution is 2.30. The zero-order valence-electron chi connectivity index (χ0n) is 8.78. The fraction of sp³-hybridized carbons (Fsp3) is 0.818. The van der Waals surface area contributed by atoms with E-state index < -0.39 is 0 Å². The molecule has 0 spiro atoms. The fourth-order valence-electron chi connectivity index (χ4n) is 2.01. The molecule has 1 aliphatic carbocycles. The van der Waals surface area contributed by atoms with Crippen LogP contribution in [0.25, 0.3) is 0 Å². The highest BCUT2D eigenvalue weighted by molar-refractivity contribution is 5.01. The number of hydrogen-bond donors (Lipinski definition) is 2. The summed E-state index contributed by atoms with van der Waals surface area (Å²) in [5.74, 6) is 0.978. The first-order chi connectivity index (χ1) is 6.79. The van der Waals surface area contributed by atoms with Crippen molar-refractivity contribution in [1.82, 2.24) is 0 Å². The molecule has 14 heavy (non-hydrogen) atoms. The van der Waals surface area contributed by atoms with E-state index in [1.54, 1.807) is 0 Å². The third-order valence-electron chi connectivity index (χ3n) is 2.74. The summed E-state index contributed by atoms with van der Waals surface area (Å²) in [4.78, 5) is 0. The van der Waals surface area contributed by atoms with Crippen molar-refractivity contribution in [3.8, 4) is 0 Å². The third kappa shape index (κ3) is 3.00. The van der Waals surface area contributed by atoms with Gasteiger partial charge in [-0.2, -0.15) is 0 Å². The highest BCUT2D eigenvalue weighted by atomic mass is 16.5. The first-order valence-corrected chi connectivity index (χ1v) is 5.37. The van der Waals surface area contributed by atoms with E-state index in [1.807, 2.05) is 13.0 Å². The largest absolute Gasteiger partial charge is 0.495 e. The molecule has 1 rings (SSSR count). The van der Waals surface area contributed by atoms with Crippen molar-refractivity contribution >= 4 is 0 Å². The number of ether oxygens (including phenoxy) is 1. The van der Waals surface area contributed by atoms with Gasteiger partial charge in [-0.25, -0.2) is 0 Å². The average Bonchev–Trinajstić information content (AvgIpc) is 2.21. The lowest BCUT2D eigenvalue weighted by Gasteiger charge is -2.29. The number of aliphatic hydroxyl groups is 2. The number of hydrogen-bond acceptors (Lipinski definition) is 3. The molecule has 0 saturated heterocycles. The first kappa shape index (κ1) is 11.5. The Labute approximate surface area is 85.4 Å². The molecule has 2 N–H and O–H groups in total. The van der Waals surface area contributed by atoms with Crippen molar-refractivity contribution in [3.05, 3.63) is 11.8 Å². The maximum absolute atomic E-state index is 9.79. The minimum atomic E-state index is -0.270. The fourth-order valence-corrected chi connectivity index (χ4v) is 2.01. The Morgan fingerprint density at radius 1 is 1.43 bits per heavy atom. The highest BCUT2D eigenvalue weighted by Gasteiger charge is 2.26. The Hall–Kier alpha value is -0.540. The summed E-state index contributed by atoms with van der Waals surface area (Å²) < 4.78 is 5.40. The molecule has 3 nitrogen and oxygen atoms in total. The van der Waals surface area contributed by atoms with Gasteiger partial charge in [0.25, 0.3) is 0 Å². The number of rotatable bonds is 4. The van der Waals surface area contributed by atoms with Crippen LogP contribution in [-0.2, 0) is 4.74 Å². The predicted octanol–water partition coefficient (Wildman–Crippen LogP) is 1.45. The van der Waals surface area contributed by atoms with E-state index in [4.69, 9.17) is 9.84 Å². The van der Waals surface area contributed by atoms with E-state index in [9.17, 15) is 5.11 Å². The normalized spacial score (nSPS) is 28.9. The van der Waals surface area contributed by atoms with Crippen LogP contribution in [0.3, 0.4) is 0 Å². The summed E-state index contributed by atoms with van der Waals surface area (Å²) in [6, 6.07) is 0. The molecule has 2 unspecified atom stereocenters. The van der Waals surface area contributed by atoms with Crippen LogP contribution in [0.4, 0.5) is 0 Å². The van der Waals surface area contributed by atoms with Gasteiger partial charge in [0.15, 0.2) is 0 Å². The molecule has 3 heteroatoms. The van der Waals surface area contributed by atoms with Gasteiger partial charge in [0.1, 0.15) is 6.61 Å². The molecule has 0 radical (unpaired) electrons. The SMILES string of the molecule is C/C=C(\OCCO)C1CCCCC1O. The van der Waals surface area contributed by atoms with Crippen LogP contribution in [0.15, 0.2) is 11.8 Å². The van der Waals surface area contributed by atoms with Crippen LogP contribution < -0.4 is 0 Å². The maximum Gasteiger partial charge on any atom is 0.111 e. The van der Waals surface area contributed by atoms with Crippen LogP contribution >= 0.6 is 0 Å². The van der Waals surface area contributed by atoms with Gasteiger partial charge in [-0.3, -0.25) is 0 Å². The molecule has 82 valence electrons. The topological polar surface area (TPSA) is 49.7 Å². The van der Waals surface area contributed by atoms with Crippen LogP contribution in [0, 0.1) is 5.92 Å². The zero-order valence-corrected chi connectivity index (χ0v) is 8.78. The summed E-state index contributed by atoms with van der Waals surface area (Å²) in [7, 11) is 0. The Morgan fingerprint density at radius 3 is 2.71 bits per heavy atom. The Balaban J connectivity index is 2.49. The minimum Gasteiger partial charge on any atom is -0.495 e. The van der Waals surface area contributed by atoms with E-state index >= 15 is 0 Å². The van der Waals surface area contributed by atoms with Gasteiger partial charge < -0.3 is 14.9 Å². The molecule has 0 bridgehead atoms. The van der Waals surface area contributed by atoms with Crippen LogP contribution in [0.1, 0.15) is 32.6 Å². The summed E-state index contributed by atoms with van der Waals surface area (Å²) >= 11 is 0. The van der Waals surface area contributed by atoms with E-state index in [-0.39, 0.29) is 18.6 Å². The molecule has 1 fully saturated rings. The summed E-state index contributed by atoms with van der Waals surface area (Å²) in [6.07, 6.45) is 5.75. The van der Waals surface area contributed by atoms with Crippen molar-refractivity contribution in [2.24, 2.45) is 5.92 Å². The second-order valence-corrected chi connectivity index (χ2v) is 3.72. The van der Waals surface area contributed by atoms with Gasteiger partial charge in [0, 0.05) is 5.92 Å². The van der Waals surface area contributed by atoms with Gasteiger partial charge in [-0.1, -0.05) is 12.8 Å². The third-order valence-corrected chi connectivity index (χ3v) is 2.74. The van der Waals surface area contributed by atoms with Crippen molar-refractivity contribution in [2.45, 2.75) is 38.7 Å². The summed E-state index contributed by atoms with van der Waals surface area (Å²) in [5.41, 5.74) is 0. The monoisotopic (exact) mass is 200 g/mol. The van der Waals surface area contributed by atoms with Gasteiger partial charge in [0.2, 0.25) is 0 Å². The molecule has 1 saturated carbocycles. The lowest BCUT2D eigenvalue weighted by atomic mass is 9.85. The van der Waals surface area contributed by atoms with Gasteiger partial charge >= 0.3 is 0 Å². The maximum atomic E-state index is 9.79. The second kappa shape index (κ2) is 6.04. The van der Waals surface area contributed by atoms with Crippen LogP contribution in [0.5, 0.6) is 0 Å². The van der Waals surface area contributed by atoms with E-state index in [0.29, 0.717) is 6.61 Å². The summed E-state index contributed by atoms with van der Waals surface area (Å²) in [6.45, 7) is 2.26. The van der Waals surface area contributed by atoms with E-state index in [2.05, 4.69) is 0 Å². The number of aliphatic hydroxyl groups excluding tert-OH is 2. The smallest absolute Gasteiger partial charge is 0.111 e. The van der Waals surface area contributed by atoms with Crippen molar-refractivity contribution in [3.63, 3.8) is 0 Å². The van der Waals surface area contributed by atoms with Crippen LogP contribution in [0.2, 0.25) is 0 Å². The lowest BCUT2D eigenvalue weighted by Crippen LogP contribution is -2.27. The first-order valence-electron chi connectivity index (χ1n) is 5.37. The Kier molecular flexibility index (Phi) is 4.98. The standard InChI is InChI=1S/C11H20O3/c1-2-11(14-8-7-12)9-5-3-4-6-10(9)13/h2,9-10,12-13H,3-8H2,1H3/b11-2-. The molecule has 0 aromatic carbocycles. The molecule has 1 aliphatic rings. The van der Waals surface area contributed by atoms with E-state index in [0.717, 1.165) is 31.4 Å². The van der Waals surface area contributed by atoms with Gasteiger partial charge in [0.05, 0.1) is 18.5 Å². The van der Waals surface area contributed by atoms with Gasteiger partial charge in [-0.05, 0) is 25.8 Å². The molecule has 0 amide bonds. The average molecular weight is 200 g/mol. The molecule has 2 atom stereocenters. The molecule has 0 aromatic rings. The molecule has 0 heterocycles. The molecule has 0 aromatic heterocycles. The van der Waals surface area contributed by atoms with Crippen molar-refractivity contribution < 1.29 is 14.9 Å². The Morgan fingerprint density at radius 2 is 2.14 bits per heavy atom. The van der Waals surface area contributed by atoms with E-state index in [1.165, 1.54) is 0 Å². The van der Waals surface area contributed by atoms with Crippen molar-refractivity contribution in [2.75, 3.05) is 13.2 Å².